The fourth-order valence-electron chi connectivity index (χ4n) is 2.37. The standard InChI is InChI=1S/C18H21FN2O2/c1-13(11-17(22)15-5-7-16(19)8-6-15)21-18(23)9-4-14-3-2-10-20-12-14/h2-3,5-8,10,12-13,17,22H,4,9,11H2,1H3,(H,21,23). The van der Waals surface area contributed by atoms with Crippen molar-refractivity contribution >= 4 is 5.91 Å². The van der Waals surface area contributed by atoms with Crippen LogP contribution in [0.4, 0.5) is 4.39 Å². The first-order valence-corrected chi connectivity index (χ1v) is 7.66. The molecule has 0 saturated heterocycles. The van der Waals surface area contributed by atoms with Crippen LogP contribution in [0.2, 0.25) is 0 Å². The van der Waals surface area contributed by atoms with Crippen LogP contribution in [0.25, 0.3) is 0 Å². The van der Waals surface area contributed by atoms with Crippen LogP contribution in [0.1, 0.15) is 37.0 Å². The second kappa shape index (κ2) is 8.39. The molecule has 1 amide bonds. The Kier molecular flexibility index (Phi) is 6.23. The lowest BCUT2D eigenvalue weighted by Crippen LogP contribution is -2.33. The Morgan fingerprint density at radius 1 is 1.30 bits per heavy atom. The van der Waals surface area contributed by atoms with Gasteiger partial charge in [-0.05, 0) is 49.1 Å². The van der Waals surface area contributed by atoms with Crippen LogP contribution in [0.15, 0.2) is 48.8 Å². The molecule has 0 aliphatic heterocycles. The SMILES string of the molecule is CC(CC(O)c1ccc(F)cc1)NC(=O)CCc1cccnc1. The second-order valence-electron chi connectivity index (χ2n) is 5.63. The number of aromatic nitrogens is 1. The molecule has 1 aromatic heterocycles. The fourth-order valence-corrected chi connectivity index (χ4v) is 2.37. The summed E-state index contributed by atoms with van der Waals surface area (Å²) in [4.78, 5) is 15.9. The number of aryl methyl sites for hydroxylation is 1. The number of carbonyl (C=O) groups is 1. The van der Waals surface area contributed by atoms with Gasteiger partial charge < -0.3 is 10.4 Å². The van der Waals surface area contributed by atoms with Crippen molar-refractivity contribution in [2.75, 3.05) is 0 Å². The summed E-state index contributed by atoms with van der Waals surface area (Å²) in [5, 5.41) is 13.0. The van der Waals surface area contributed by atoms with E-state index in [1.54, 1.807) is 24.5 Å². The Hall–Kier alpha value is -2.27. The van der Waals surface area contributed by atoms with Crippen LogP contribution < -0.4 is 5.32 Å². The van der Waals surface area contributed by atoms with Gasteiger partial charge in [0.2, 0.25) is 5.91 Å². The van der Waals surface area contributed by atoms with Crippen LogP contribution in [-0.2, 0) is 11.2 Å². The Labute approximate surface area is 135 Å². The van der Waals surface area contributed by atoms with Crippen molar-refractivity contribution in [2.45, 2.75) is 38.3 Å². The zero-order valence-electron chi connectivity index (χ0n) is 13.1. The highest BCUT2D eigenvalue weighted by Crippen LogP contribution is 2.18. The van der Waals surface area contributed by atoms with Gasteiger partial charge in [-0.15, -0.1) is 0 Å². The molecule has 0 aliphatic carbocycles. The van der Waals surface area contributed by atoms with Crippen molar-refractivity contribution in [3.63, 3.8) is 0 Å². The quantitative estimate of drug-likeness (QED) is 0.825. The van der Waals surface area contributed by atoms with Gasteiger partial charge in [0.15, 0.2) is 0 Å². The summed E-state index contributed by atoms with van der Waals surface area (Å²) in [5.41, 5.74) is 1.66. The van der Waals surface area contributed by atoms with Gasteiger partial charge in [-0.3, -0.25) is 9.78 Å². The first-order chi connectivity index (χ1) is 11.0. The van der Waals surface area contributed by atoms with Gasteiger partial charge >= 0.3 is 0 Å². The van der Waals surface area contributed by atoms with Crippen molar-refractivity contribution in [3.05, 3.63) is 65.7 Å². The van der Waals surface area contributed by atoms with Gasteiger partial charge in [0, 0.05) is 24.9 Å². The summed E-state index contributed by atoms with van der Waals surface area (Å²) in [6, 6.07) is 9.34. The molecule has 2 N–H and O–H groups in total. The Balaban J connectivity index is 1.76. The number of carbonyl (C=O) groups excluding carboxylic acids is 1. The number of pyridine rings is 1. The predicted molar refractivity (Wildman–Crippen MR) is 86.1 cm³/mol. The molecule has 2 atom stereocenters. The summed E-state index contributed by atoms with van der Waals surface area (Å²) in [7, 11) is 0. The minimum Gasteiger partial charge on any atom is -0.388 e. The first-order valence-electron chi connectivity index (χ1n) is 7.66. The van der Waals surface area contributed by atoms with Crippen molar-refractivity contribution < 1.29 is 14.3 Å². The van der Waals surface area contributed by atoms with E-state index >= 15 is 0 Å². The Bertz CT molecular complexity index is 617. The van der Waals surface area contributed by atoms with Crippen LogP contribution in [-0.4, -0.2) is 22.0 Å². The van der Waals surface area contributed by atoms with Crippen molar-refractivity contribution in [1.82, 2.24) is 10.3 Å². The van der Waals surface area contributed by atoms with Crippen LogP contribution in [0.3, 0.4) is 0 Å². The summed E-state index contributed by atoms with van der Waals surface area (Å²) >= 11 is 0. The molecule has 0 fully saturated rings. The molecule has 23 heavy (non-hydrogen) atoms. The highest BCUT2D eigenvalue weighted by atomic mass is 19.1. The zero-order valence-corrected chi connectivity index (χ0v) is 13.1. The van der Waals surface area contributed by atoms with E-state index < -0.39 is 6.10 Å². The molecule has 0 saturated carbocycles. The third-order valence-corrected chi connectivity index (χ3v) is 3.60. The van der Waals surface area contributed by atoms with Gasteiger partial charge in [-0.25, -0.2) is 4.39 Å². The highest BCUT2D eigenvalue weighted by molar-refractivity contribution is 5.76. The molecule has 122 valence electrons. The average Bonchev–Trinajstić information content (AvgIpc) is 2.54. The summed E-state index contributed by atoms with van der Waals surface area (Å²) in [5.74, 6) is -0.398. The number of aliphatic hydroxyl groups excluding tert-OH is 1. The normalized spacial score (nSPS) is 13.3. The number of rotatable bonds is 7. The monoisotopic (exact) mass is 316 g/mol. The van der Waals surface area contributed by atoms with E-state index in [4.69, 9.17) is 0 Å². The van der Waals surface area contributed by atoms with Crippen LogP contribution in [0.5, 0.6) is 0 Å². The molecule has 1 heterocycles. The maximum absolute atomic E-state index is 12.9. The largest absolute Gasteiger partial charge is 0.388 e. The van der Waals surface area contributed by atoms with Crippen molar-refractivity contribution in [2.24, 2.45) is 0 Å². The van der Waals surface area contributed by atoms with Crippen LogP contribution >= 0.6 is 0 Å². The molecule has 2 unspecified atom stereocenters. The second-order valence-corrected chi connectivity index (χ2v) is 5.63. The number of nitrogens with one attached hydrogen (secondary N) is 1. The number of halogens is 1. The fraction of sp³-hybridized carbons (Fsp3) is 0.333. The topological polar surface area (TPSA) is 62.2 Å². The van der Waals surface area contributed by atoms with E-state index in [-0.39, 0.29) is 17.8 Å². The van der Waals surface area contributed by atoms with Gasteiger partial charge in [0.1, 0.15) is 5.82 Å². The number of aliphatic hydroxyl groups is 1. The molecular formula is C18H21FN2O2. The van der Waals surface area contributed by atoms with E-state index in [0.717, 1.165) is 5.56 Å². The highest BCUT2D eigenvalue weighted by Gasteiger charge is 2.14. The van der Waals surface area contributed by atoms with Crippen LogP contribution in [0, 0.1) is 5.82 Å². The summed E-state index contributed by atoms with van der Waals surface area (Å²) in [6.07, 6.45) is 4.10. The summed E-state index contributed by atoms with van der Waals surface area (Å²) < 4.78 is 12.9. The molecular weight excluding hydrogens is 295 g/mol. The molecule has 0 radical (unpaired) electrons. The van der Waals surface area contributed by atoms with Crippen molar-refractivity contribution in [1.29, 1.82) is 0 Å². The molecule has 4 nitrogen and oxygen atoms in total. The number of amides is 1. The Morgan fingerprint density at radius 3 is 2.70 bits per heavy atom. The molecule has 2 aromatic rings. The molecule has 5 heteroatoms. The third kappa shape index (κ3) is 5.79. The van der Waals surface area contributed by atoms with E-state index in [1.165, 1.54) is 12.1 Å². The van der Waals surface area contributed by atoms with Gasteiger partial charge in [-0.1, -0.05) is 18.2 Å². The molecule has 0 aliphatic rings. The number of benzene rings is 1. The van der Waals surface area contributed by atoms with Crippen molar-refractivity contribution in [3.8, 4) is 0 Å². The molecule has 2 rings (SSSR count). The zero-order chi connectivity index (χ0) is 16.7. The maximum atomic E-state index is 12.9. The predicted octanol–water partition coefficient (Wildman–Crippen LogP) is 2.78. The lowest BCUT2D eigenvalue weighted by atomic mass is 10.0. The van der Waals surface area contributed by atoms with E-state index in [0.29, 0.717) is 24.8 Å². The minimum atomic E-state index is -0.732. The third-order valence-electron chi connectivity index (χ3n) is 3.60. The van der Waals surface area contributed by atoms with Gasteiger partial charge in [0.25, 0.3) is 0 Å². The first kappa shape index (κ1) is 17.1. The van der Waals surface area contributed by atoms with E-state index in [1.807, 2.05) is 19.1 Å². The lowest BCUT2D eigenvalue weighted by Gasteiger charge is -2.18. The molecule has 0 spiro atoms. The number of nitrogens with zero attached hydrogens (tertiary/aromatic N) is 1. The van der Waals surface area contributed by atoms with Gasteiger partial charge in [0.05, 0.1) is 6.10 Å². The Morgan fingerprint density at radius 2 is 2.04 bits per heavy atom. The maximum Gasteiger partial charge on any atom is 0.220 e. The average molecular weight is 316 g/mol. The summed E-state index contributed by atoms with van der Waals surface area (Å²) in [6.45, 7) is 1.84. The number of hydrogen-bond donors (Lipinski definition) is 2. The van der Waals surface area contributed by atoms with Gasteiger partial charge in [-0.2, -0.15) is 0 Å². The lowest BCUT2D eigenvalue weighted by molar-refractivity contribution is -0.121. The smallest absolute Gasteiger partial charge is 0.220 e. The minimum absolute atomic E-state index is 0.0624. The molecule has 1 aromatic carbocycles. The molecule has 0 bridgehead atoms. The van der Waals surface area contributed by atoms with E-state index in [9.17, 15) is 14.3 Å². The number of hydrogen-bond acceptors (Lipinski definition) is 3. The van der Waals surface area contributed by atoms with E-state index in [2.05, 4.69) is 10.3 Å².